The normalized spacial score (nSPS) is 23.8. The van der Waals surface area contributed by atoms with Crippen LogP contribution < -0.4 is 15.7 Å². The molecule has 2 unspecified atom stereocenters. The number of benzene rings is 1. The maximum atomic E-state index is 11.6. The second-order valence-electron chi connectivity index (χ2n) is 4.86. The van der Waals surface area contributed by atoms with E-state index in [1.807, 2.05) is 25.1 Å². The van der Waals surface area contributed by atoms with E-state index in [4.69, 9.17) is 18.9 Å². The van der Waals surface area contributed by atoms with Gasteiger partial charge in [0.1, 0.15) is 12.4 Å². The van der Waals surface area contributed by atoms with Crippen molar-refractivity contribution >= 4 is 18.6 Å². The summed E-state index contributed by atoms with van der Waals surface area (Å²) in [5.74, 6) is 0.391. The Labute approximate surface area is 117 Å². The molecule has 2 atom stereocenters. The standard InChI is InChI=1S/C13H16BNO5/c1-8-7-17-10-5-3-4-9-11(6-12(16)20-15-2)19-14(18-8)13(9)10/h3-5,8,11,15H,6-7H2,1-2H3. The van der Waals surface area contributed by atoms with Crippen LogP contribution in [0.1, 0.15) is 25.0 Å². The Hall–Kier alpha value is -1.57. The highest BCUT2D eigenvalue weighted by molar-refractivity contribution is 6.64. The molecule has 0 saturated carbocycles. The molecule has 2 aliphatic rings. The first-order valence-corrected chi connectivity index (χ1v) is 6.62. The second-order valence-corrected chi connectivity index (χ2v) is 4.86. The van der Waals surface area contributed by atoms with Crippen molar-refractivity contribution in [3.63, 3.8) is 0 Å². The highest BCUT2D eigenvalue weighted by Crippen LogP contribution is 2.33. The fraction of sp³-hybridized carbons (Fsp3) is 0.462. The highest BCUT2D eigenvalue weighted by atomic mass is 16.7. The van der Waals surface area contributed by atoms with Crippen LogP contribution in [0, 0.1) is 0 Å². The Morgan fingerprint density at radius 1 is 1.50 bits per heavy atom. The van der Waals surface area contributed by atoms with E-state index in [-0.39, 0.29) is 24.6 Å². The second kappa shape index (κ2) is 5.44. The number of nitrogens with one attached hydrogen (secondary N) is 1. The van der Waals surface area contributed by atoms with Crippen LogP contribution in [-0.2, 0) is 18.9 Å². The minimum atomic E-state index is -0.480. The summed E-state index contributed by atoms with van der Waals surface area (Å²) in [7, 11) is 1.06. The summed E-state index contributed by atoms with van der Waals surface area (Å²) in [5, 5.41) is 0. The number of hydrogen-bond donors (Lipinski definition) is 1. The van der Waals surface area contributed by atoms with Gasteiger partial charge < -0.3 is 18.9 Å². The van der Waals surface area contributed by atoms with Crippen LogP contribution in [0.3, 0.4) is 0 Å². The average molecular weight is 277 g/mol. The van der Waals surface area contributed by atoms with Crippen LogP contribution >= 0.6 is 0 Å². The van der Waals surface area contributed by atoms with E-state index in [1.165, 1.54) is 0 Å². The van der Waals surface area contributed by atoms with E-state index < -0.39 is 7.12 Å². The SMILES string of the molecule is CNOC(=O)CC1OB2OC(C)COc3cccc1c32. The monoisotopic (exact) mass is 277 g/mol. The molecule has 6 nitrogen and oxygen atoms in total. The van der Waals surface area contributed by atoms with Gasteiger partial charge in [0.05, 0.1) is 18.6 Å². The first-order valence-electron chi connectivity index (χ1n) is 6.62. The summed E-state index contributed by atoms with van der Waals surface area (Å²) in [6.07, 6.45) is -0.307. The van der Waals surface area contributed by atoms with E-state index in [0.717, 1.165) is 16.8 Å². The quantitative estimate of drug-likeness (QED) is 0.634. The first-order chi connectivity index (χ1) is 9.69. The maximum Gasteiger partial charge on any atom is 0.498 e. The molecule has 0 amide bonds. The summed E-state index contributed by atoms with van der Waals surface area (Å²) in [6, 6.07) is 5.72. The highest BCUT2D eigenvalue weighted by Gasteiger charge is 2.43. The number of hydroxylamine groups is 1. The lowest BCUT2D eigenvalue weighted by atomic mass is 9.77. The number of ether oxygens (including phenoxy) is 1. The van der Waals surface area contributed by atoms with E-state index in [9.17, 15) is 4.79 Å². The summed E-state index contributed by atoms with van der Waals surface area (Å²) in [5.41, 5.74) is 4.18. The molecule has 1 aromatic carbocycles. The Kier molecular flexibility index (Phi) is 3.65. The third-order valence-electron chi connectivity index (χ3n) is 3.37. The maximum absolute atomic E-state index is 11.6. The van der Waals surface area contributed by atoms with E-state index >= 15 is 0 Å². The summed E-state index contributed by atoms with van der Waals surface area (Å²) < 4.78 is 17.4. The predicted octanol–water partition coefficient (Wildman–Crippen LogP) is 0.318. The zero-order chi connectivity index (χ0) is 14.1. The molecular weight excluding hydrogens is 261 g/mol. The molecule has 0 aliphatic carbocycles. The lowest BCUT2D eigenvalue weighted by molar-refractivity contribution is -0.151. The van der Waals surface area contributed by atoms with Gasteiger partial charge in [0.2, 0.25) is 0 Å². The molecule has 2 aliphatic heterocycles. The number of rotatable bonds is 3. The van der Waals surface area contributed by atoms with Crippen LogP contribution in [0.4, 0.5) is 0 Å². The molecule has 106 valence electrons. The van der Waals surface area contributed by atoms with Crippen LogP contribution in [0.5, 0.6) is 5.75 Å². The molecule has 0 bridgehead atoms. The molecule has 0 aromatic heterocycles. The molecule has 0 radical (unpaired) electrons. The van der Waals surface area contributed by atoms with Gasteiger partial charge in [0.15, 0.2) is 0 Å². The van der Waals surface area contributed by atoms with E-state index in [0.29, 0.717) is 6.61 Å². The fourth-order valence-electron chi connectivity index (χ4n) is 2.53. The van der Waals surface area contributed by atoms with Gasteiger partial charge in [-0.3, -0.25) is 4.79 Å². The first kappa shape index (κ1) is 13.4. The van der Waals surface area contributed by atoms with Crippen molar-refractivity contribution in [3.05, 3.63) is 23.8 Å². The molecule has 7 heteroatoms. The number of carbonyl (C=O) groups excluding carboxylic acids is 1. The Bertz CT molecular complexity index is 523. The Morgan fingerprint density at radius 3 is 3.15 bits per heavy atom. The van der Waals surface area contributed by atoms with Crippen molar-refractivity contribution < 1.29 is 23.7 Å². The molecular formula is C13H16BNO5. The van der Waals surface area contributed by atoms with Crippen molar-refractivity contribution in [1.29, 1.82) is 0 Å². The molecule has 20 heavy (non-hydrogen) atoms. The molecule has 0 saturated heterocycles. The van der Waals surface area contributed by atoms with Gasteiger partial charge in [-0.05, 0) is 18.6 Å². The lowest BCUT2D eigenvalue weighted by Crippen LogP contribution is -2.34. The topological polar surface area (TPSA) is 66.0 Å². The van der Waals surface area contributed by atoms with Gasteiger partial charge in [0.25, 0.3) is 0 Å². The van der Waals surface area contributed by atoms with Crippen molar-refractivity contribution in [1.82, 2.24) is 5.48 Å². The van der Waals surface area contributed by atoms with Crippen molar-refractivity contribution in [2.24, 2.45) is 0 Å². The molecule has 3 rings (SSSR count). The Balaban J connectivity index is 1.88. The van der Waals surface area contributed by atoms with Crippen molar-refractivity contribution in [3.8, 4) is 5.75 Å². The number of carbonyl (C=O) groups is 1. The van der Waals surface area contributed by atoms with Gasteiger partial charge >= 0.3 is 13.1 Å². The summed E-state index contributed by atoms with van der Waals surface area (Å²) in [6.45, 7) is 2.42. The predicted molar refractivity (Wildman–Crippen MR) is 71.5 cm³/mol. The zero-order valence-corrected chi connectivity index (χ0v) is 11.4. The third-order valence-corrected chi connectivity index (χ3v) is 3.37. The van der Waals surface area contributed by atoms with Gasteiger partial charge in [-0.2, -0.15) is 5.48 Å². The van der Waals surface area contributed by atoms with Gasteiger partial charge in [0, 0.05) is 12.5 Å². The molecule has 0 spiro atoms. The van der Waals surface area contributed by atoms with E-state index in [2.05, 4.69) is 5.48 Å². The molecule has 1 aromatic rings. The van der Waals surface area contributed by atoms with Crippen LogP contribution in [0.15, 0.2) is 18.2 Å². The molecule has 1 N–H and O–H groups in total. The third kappa shape index (κ3) is 2.39. The molecule has 0 fully saturated rings. The van der Waals surface area contributed by atoms with Gasteiger partial charge in [-0.25, -0.2) is 0 Å². The van der Waals surface area contributed by atoms with E-state index in [1.54, 1.807) is 7.05 Å². The minimum absolute atomic E-state index is 0.0664. The van der Waals surface area contributed by atoms with Crippen LogP contribution in [0.2, 0.25) is 0 Å². The summed E-state index contributed by atoms with van der Waals surface area (Å²) in [4.78, 5) is 16.3. The lowest BCUT2D eigenvalue weighted by Gasteiger charge is -2.15. The van der Waals surface area contributed by atoms with Crippen LogP contribution in [-0.4, -0.2) is 32.8 Å². The minimum Gasteiger partial charge on any atom is -0.491 e. The largest absolute Gasteiger partial charge is 0.498 e. The zero-order valence-electron chi connectivity index (χ0n) is 11.4. The van der Waals surface area contributed by atoms with Gasteiger partial charge in [-0.15, -0.1) is 0 Å². The van der Waals surface area contributed by atoms with Crippen molar-refractivity contribution in [2.45, 2.75) is 25.6 Å². The van der Waals surface area contributed by atoms with Gasteiger partial charge in [-0.1, -0.05) is 12.1 Å². The summed E-state index contributed by atoms with van der Waals surface area (Å²) >= 11 is 0. The number of hydrogen-bond acceptors (Lipinski definition) is 6. The fourth-order valence-corrected chi connectivity index (χ4v) is 2.53. The van der Waals surface area contributed by atoms with Crippen molar-refractivity contribution in [2.75, 3.05) is 13.7 Å². The smallest absolute Gasteiger partial charge is 0.491 e. The Morgan fingerprint density at radius 2 is 2.35 bits per heavy atom. The molecule has 2 heterocycles. The van der Waals surface area contributed by atoms with Crippen LogP contribution in [0.25, 0.3) is 0 Å². The average Bonchev–Trinajstić information content (AvgIpc) is 2.66.